The third kappa shape index (κ3) is 5.00. The van der Waals surface area contributed by atoms with Gasteiger partial charge >= 0.3 is 0 Å². The van der Waals surface area contributed by atoms with Crippen LogP contribution in [0.5, 0.6) is 5.75 Å². The van der Waals surface area contributed by atoms with Crippen LogP contribution in [0.3, 0.4) is 0 Å². The standard InChI is InChI=1S/C20H22Cl2N2O4/c1-13(20(26)24-10-3-2-4-11-24)23-19(25)17-9-8-14(28-17)12-27-16-7-5-6-15(21)18(16)22/h5-9,13H,2-4,10-12H2,1H3,(H,23,25). The molecule has 8 heteroatoms. The maximum Gasteiger partial charge on any atom is 0.287 e. The Labute approximate surface area is 173 Å². The van der Waals surface area contributed by atoms with Crippen molar-refractivity contribution in [1.29, 1.82) is 0 Å². The molecule has 1 N–H and O–H groups in total. The summed E-state index contributed by atoms with van der Waals surface area (Å²) in [5.74, 6) is 0.492. The number of rotatable bonds is 6. The number of piperidine rings is 1. The molecule has 1 aliphatic heterocycles. The van der Waals surface area contributed by atoms with Crippen LogP contribution >= 0.6 is 23.2 Å². The lowest BCUT2D eigenvalue weighted by molar-refractivity contribution is -0.133. The van der Waals surface area contributed by atoms with Gasteiger partial charge in [-0.25, -0.2) is 0 Å². The Hall–Kier alpha value is -2.18. The van der Waals surface area contributed by atoms with E-state index < -0.39 is 11.9 Å². The molecule has 3 rings (SSSR count). The minimum absolute atomic E-state index is 0.0706. The summed E-state index contributed by atoms with van der Waals surface area (Å²) in [7, 11) is 0. The number of carbonyl (C=O) groups excluding carboxylic acids is 2. The fourth-order valence-corrected chi connectivity index (χ4v) is 3.39. The van der Waals surface area contributed by atoms with E-state index in [0.29, 0.717) is 21.6 Å². The molecule has 2 aromatic rings. The second-order valence-electron chi connectivity index (χ2n) is 6.69. The molecule has 1 unspecified atom stereocenters. The topological polar surface area (TPSA) is 71.8 Å². The van der Waals surface area contributed by atoms with Crippen LogP contribution in [0, 0.1) is 0 Å². The fraction of sp³-hybridized carbons (Fsp3) is 0.400. The van der Waals surface area contributed by atoms with E-state index in [1.807, 2.05) is 0 Å². The maximum absolute atomic E-state index is 12.4. The SMILES string of the molecule is CC(NC(=O)c1ccc(COc2cccc(Cl)c2Cl)o1)C(=O)N1CCCCC1. The molecule has 1 atom stereocenters. The van der Waals surface area contributed by atoms with Crippen molar-refractivity contribution in [2.75, 3.05) is 13.1 Å². The lowest BCUT2D eigenvalue weighted by Crippen LogP contribution is -2.48. The highest BCUT2D eigenvalue weighted by molar-refractivity contribution is 6.42. The first-order valence-electron chi connectivity index (χ1n) is 9.21. The summed E-state index contributed by atoms with van der Waals surface area (Å²) < 4.78 is 11.1. The zero-order valence-corrected chi connectivity index (χ0v) is 17.1. The van der Waals surface area contributed by atoms with Gasteiger partial charge in [-0.05, 0) is 50.5 Å². The molecular formula is C20H22Cl2N2O4. The van der Waals surface area contributed by atoms with Crippen LogP contribution in [-0.2, 0) is 11.4 Å². The van der Waals surface area contributed by atoms with Gasteiger partial charge in [0.05, 0.1) is 5.02 Å². The number of amides is 2. The first-order valence-corrected chi connectivity index (χ1v) is 9.96. The Morgan fingerprint density at radius 3 is 2.68 bits per heavy atom. The van der Waals surface area contributed by atoms with E-state index in [1.165, 1.54) is 0 Å². The summed E-state index contributed by atoms with van der Waals surface area (Å²) in [5.41, 5.74) is 0. The summed E-state index contributed by atoms with van der Waals surface area (Å²) in [6.45, 7) is 3.26. The van der Waals surface area contributed by atoms with E-state index in [9.17, 15) is 9.59 Å². The Balaban J connectivity index is 1.54. The molecule has 28 heavy (non-hydrogen) atoms. The highest BCUT2D eigenvalue weighted by Crippen LogP contribution is 2.32. The van der Waals surface area contributed by atoms with Crippen molar-refractivity contribution in [3.63, 3.8) is 0 Å². The van der Waals surface area contributed by atoms with E-state index in [4.69, 9.17) is 32.4 Å². The number of nitrogens with one attached hydrogen (secondary N) is 1. The molecule has 0 radical (unpaired) electrons. The molecule has 1 aromatic carbocycles. The van der Waals surface area contributed by atoms with E-state index in [2.05, 4.69) is 5.32 Å². The van der Waals surface area contributed by atoms with Gasteiger partial charge in [-0.3, -0.25) is 9.59 Å². The molecule has 1 fully saturated rings. The Morgan fingerprint density at radius 1 is 1.18 bits per heavy atom. The molecular weight excluding hydrogens is 403 g/mol. The summed E-state index contributed by atoms with van der Waals surface area (Å²) in [6.07, 6.45) is 3.15. The zero-order chi connectivity index (χ0) is 20.1. The minimum atomic E-state index is -0.610. The molecule has 1 aliphatic rings. The normalized spacial score (nSPS) is 15.2. The van der Waals surface area contributed by atoms with Crippen molar-refractivity contribution in [2.45, 2.75) is 38.8 Å². The summed E-state index contributed by atoms with van der Waals surface area (Å²) >= 11 is 12.0. The highest BCUT2D eigenvalue weighted by Gasteiger charge is 2.24. The molecule has 150 valence electrons. The van der Waals surface area contributed by atoms with Crippen LogP contribution in [0.1, 0.15) is 42.5 Å². The number of benzene rings is 1. The van der Waals surface area contributed by atoms with Crippen molar-refractivity contribution >= 4 is 35.0 Å². The lowest BCUT2D eigenvalue weighted by atomic mass is 10.1. The predicted molar refractivity (Wildman–Crippen MR) is 107 cm³/mol. The Bertz CT molecular complexity index is 846. The van der Waals surface area contributed by atoms with Gasteiger partial charge in [0.25, 0.3) is 5.91 Å². The van der Waals surface area contributed by atoms with Crippen LogP contribution in [-0.4, -0.2) is 35.8 Å². The predicted octanol–water partition coefficient (Wildman–Crippen LogP) is 4.30. The number of nitrogens with zero attached hydrogens (tertiary/aromatic N) is 1. The molecule has 0 aliphatic carbocycles. The van der Waals surface area contributed by atoms with E-state index >= 15 is 0 Å². The van der Waals surface area contributed by atoms with Crippen LogP contribution in [0.4, 0.5) is 0 Å². The zero-order valence-electron chi connectivity index (χ0n) is 15.5. The van der Waals surface area contributed by atoms with Gasteiger partial charge < -0.3 is 19.4 Å². The van der Waals surface area contributed by atoms with Crippen molar-refractivity contribution in [1.82, 2.24) is 10.2 Å². The van der Waals surface area contributed by atoms with Crippen LogP contribution < -0.4 is 10.1 Å². The van der Waals surface area contributed by atoms with Crippen LogP contribution in [0.15, 0.2) is 34.7 Å². The molecule has 0 bridgehead atoms. The molecule has 6 nitrogen and oxygen atoms in total. The molecule has 0 spiro atoms. The first-order chi connectivity index (χ1) is 13.5. The summed E-state index contributed by atoms with van der Waals surface area (Å²) in [4.78, 5) is 26.6. The Morgan fingerprint density at radius 2 is 1.93 bits per heavy atom. The van der Waals surface area contributed by atoms with E-state index in [-0.39, 0.29) is 18.3 Å². The monoisotopic (exact) mass is 424 g/mol. The van der Waals surface area contributed by atoms with Crippen molar-refractivity contribution in [3.05, 3.63) is 51.9 Å². The van der Waals surface area contributed by atoms with Gasteiger partial charge in [-0.2, -0.15) is 0 Å². The molecule has 1 aromatic heterocycles. The summed E-state index contributed by atoms with van der Waals surface area (Å²) in [6, 6.07) is 7.67. The van der Waals surface area contributed by atoms with Gasteiger partial charge in [-0.1, -0.05) is 29.3 Å². The van der Waals surface area contributed by atoms with Gasteiger partial charge in [0, 0.05) is 13.1 Å². The summed E-state index contributed by atoms with van der Waals surface area (Å²) in [5, 5.41) is 3.41. The number of halogens is 2. The average Bonchev–Trinajstić information content (AvgIpc) is 3.18. The van der Waals surface area contributed by atoms with E-state index in [0.717, 1.165) is 32.4 Å². The van der Waals surface area contributed by atoms with Crippen molar-refractivity contribution < 1.29 is 18.7 Å². The van der Waals surface area contributed by atoms with Gasteiger partial charge in [-0.15, -0.1) is 0 Å². The molecule has 1 saturated heterocycles. The van der Waals surface area contributed by atoms with Gasteiger partial charge in [0.1, 0.15) is 29.2 Å². The van der Waals surface area contributed by atoms with Crippen LogP contribution in [0.25, 0.3) is 0 Å². The minimum Gasteiger partial charge on any atom is -0.484 e. The quantitative estimate of drug-likeness (QED) is 0.750. The second kappa shape index (κ2) is 9.34. The number of hydrogen-bond donors (Lipinski definition) is 1. The first kappa shape index (κ1) is 20.6. The second-order valence-corrected chi connectivity index (χ2v) is 7.47. The third-order valence-corrected chi connectivity index (χ3v) is 5.36. The van der Waals surface area contributed by atoms with Crippen molar-refractivity contribution in [3.8, 4) is 5.75 Å². The van der Waals surface area contributed by atoms with E-state index in [1.54, 1.807) is 42.2 Å². The largest absolute Gasteiger partial charge is 0.484 e. The number of likely N-dealkylation sites (tertiary alicyclic amines) is 1. The van der Waals surface area contributed by atoms with Crippen molar-refractivity contribution in [2.24, 2.45) is 0 Å². The molecule has 2 amide bonds. The number of ether oxygens (including phenoxy) is 1. The lowest BCUT2D eigenvalue weighted by Gasteiger charge is -2.29. The number of hydrogen-bond acceptors (Lipinski definition) is 4. The highest BCUT2D eigenvalue weighted by atomic mass is 35.5. The smallest absolute Gasteiger partial charge is 0.287 e. The molecule has 2 heterocycles. The number of furan rings is 1. The average molecular weight is 425 g/mol. The maximum atomic E-state index is 12.4. The Kier molecular flexibility index (Phi) is 6.86. The molecule has 0 saturated carbocycles. The van der Waals surface area contributed by atoms with Gasteiger partial charge in [0.2, 0.25) is 5.91 Å². The van der Waals surface area contributed by atoms with Gasteiger partial charge in [0.15, 0.2) is 5.76 Å². The number of carbonyl (C=O) groups is 2. The third-order valence-electron chi connectivity index (χ3n) is 4.56. The van der Waals surface area contributed by atoms with Crippen LogP contribution in [0.2, 0.25) is 10.0 Å². The fourth-order valence-electron chi connectivity index (χ4n) is 3.04.